The van der Waals surface area contributed by atoms with E-state index in [-0.39, 0.29) is 16.5 Å². The summed E-state index contributed by atoms with van der Waals surface area (Å²) in [5, 5.41) is 0. The number of rotatable bonds is 7. The van der Waals surface area contributed by atoms with E-state index in [1.54, 1.807) is 6.07 Å². The van der Waals surface area contributed by atoms with Crippen molar-refractivity contribution in [2.45, 2.75) is 80.5 Å². The largest absolute Gasteiger partial charge is 0.375 e. The molecule has 3 heterocycles. The van der Waals surface area contributed by atoms with Gasteiger partial charge in [0.15, 0.2) is 0 Å². The molecular formula is C27H38N4O3S. The second-order valence-electron chi connectivity index (χ2n) is 10.5. The molecule has 2 saturated heterocycles. The Balaban J connectivity index is 1.11. The topological polar surface area (TPSA) is 74.8 Å². The van der Waals surface area contributed by atoms with Gasteiger partial charge in [-0.05, 0) is 76.1 Å². The molecule has 190 valence electrons. The lowest BCUT2D eigenvalue weighted by Crippen LogP contribution is -2.44. The smallest absolute Gasteiger partial charge is 0.242 e. The number of benzene rings is 1. The molecule has 0 unspecified atom stereocenters. The van der Waals surface area contributed by atoms with E-state index in [9.17, 15) is 8.42 Å². The van der Waals surface area contributed by atoms with Crippen LogP contribution in [-0.4, -0.2) is 62.7 Å². The van der Waals surface area contributed by atoms with Crippen LogP contribution in [0.4, 0.5) is 5.82 Å². The van der Waals surface area contributed by atoms with Crippen molar-refractivity contribution in [3.63, 3.8) is 0 Å². The Labute approximate surface area is 209 Å². The highest BCUT2D eigenvalue weighted by Gasteiger charge is 2.38. The first-order chi connectivity index (χ1) is 16.9. The van der Waals surface area contributed by atoms with Gasteiger partial charge in [0.2, 0.25) is 10.0 Å². The number of aromatic nitrogens is 1. The molecule has 0 amide bonds. The van der Waals surface area contributed by atoms with Crippen molar-refractivity contribution >= 4 is 15.8 Å². The average molecular weight is 499 g/mol. The zero-order valence-corrected chi connectivity index (χ0v) is 21.5. The summed E-state index contributed by atoms with van der Waals surface area (Å²) >= 11 is 0. The van der Waals surface area contributed by atoms with Gasteiger partial charge >= 0.3 is 0 Å². The summed E-state index contributed by atoms with van der Waals surface area (Å²) in [6, 6.07) is 14.5. The summed E-state index contributed by atoms with van der Waals surface area (Å²) < 4.78 is 35.0. The highest BCUT2D eigenvalue weighted by molar-refractivity contribution is 7.89. The van der Waals surface area contributed by atoms with Crippen LogP contribution in [0.2, 0.25) is 0 Å². The summed E-state index contributed by atoms with van der Waals surface area (Å²) in [6.07, 6.45) is 9.54. The summed E-state index contributed by atoms with van der Waals surface area (Å²) in [7, 11) is -1.41. The molecule has 3 fully saturated rings. The summed E-state index contributed by atoms with van der Waals surface area (Å²) in [5.74, 6) is 0.846. The van der Waals surface area contributed by atoms with Crippen molar-refractivity contribution in [1.29, 1.82) is 0 Å². The lowest BCUT2D eigenvalue weighted by atomic mass is 9.89. The van der Waals surface area contributed by atoms with Gasteiger partial charge in [0.1, 0.15) is 10.7 Å². The predicted molar refractivity (Wildman–Crippen MR) is 138 cm³/mol. The quantitative estimate of drug-likeness (QED) is 0.623. The summed E-state index contributed by atoms with van der Waals surface area (Å²) in [4.78, 5) is 9.39. The van der Waals surface area contributed by atoms with Crippen LogP contribution < -0.4 is 9.62 Å². The minimum Gasteiger partial charge on any atom is -0.375 e. The molecule has 0 atom stereocenters. The number of hydrogen-bond acceptors (Lipinski definition) is 6. The molecule has 1 saturated carbocycles. The molecule has 2 aliphatic heterocycles. The van der Waals surface area contributed by atoms with Gasteiger partial charge < -0.3 is 9.64 Å². The lowest BCUT2D eigenvalue weighted by Gasteiger charge is -2.39. The van der Waals surface area contributed by atoms with E-state index in [0.717, 1.165) is 83.4 Å². The SMILES string of the molecule is CN(Cc1ccccc1)C1CCC(NS(=O)(=O)c2ccc(N3CCC4(CCCO4)CC3)nc2)CC1. The van der Waals surface area contributed by atoms with Gasteiger partial charge in [0.25, 0.3) is 0 Å². The highest BCUT2D eigenvalue weighted by atomic mass is 32.2. The first kappa shape index (κ1) is 24.7. The summed E-state index contributed by atoms with van der Waals surface area (Å²) in [5.41, 5.74) is 1.38. The molecule has 2 aromatic rings. The Morgan fingerprint density at radius 3 is 2.43 bits per heavy atom. The molecule has 1 aliphatic carbocycles. The summed E-state index contributed by atoms with van der Waals surface area (Å²) in [6.45, 7) is 3.60. The Hall–Kier alpha value is -2.00. The molecule has 0 bridgehead atoms. The third-order valence-electron chi connectivity index (χ3n) is 8.13. The van der Waals surface area contributed by atoms with Crippen molar-refractivity contribution < 1.29 is 13.2 Å². The minimum atomic E-state index is -3.58. The molecule has 8 heteroatoms. The second-order valence-corrected chi connectivity index (χ2v) is 12.2. The van der Waals surface area contributed by atoms with Crippen LogP contribution in [0.25, 0.3) is 0 Å². The Morgan fingerprint density at radius 2 is 1.80 bits per heavy atom. The van der Waals surface area contributed by atoms with E-state index in [1.807, 2.05) is 12.1 Å². The molecule has 5 rings (SSSR count). The number of piperidine rings is 1. The molecular weight excluding hydrogens is 460 g/mol. The van der Waals surface area contributed by atoms with Crippen LogP contribution >= 0.6 is 0 Å². The number of pyridine rings is 1. The predicted octanol–water partition coefficient (Wildman–Crippen LogP) is 3.95. The van der Waals surface area contributed by atoms with Crippen molar-refractivity contribution in [1.82, 2.24) is 14.6 Å². The van der Waals surface area contributed by atoms with E-state index >= 15 is 0 Å². The number of ether oxygens (including phenoxy) is 1. The molecule has 35 heavy (non-hydrogen) atoms. The van der Waals surface area contributed by atoms with Gasteiger partial charge in [-0.1, -0.05) is 30.3 Å². The van der Waals surface area contributed by atoms with Crippen LogP contribution in [0.5, 0.6) is 0 Å². The fraction of sp³-hybridized carbons (Fsp3) is 0.593. The number of hydrogen-bond donors (Lipinski definition) is 1. The van der Waals surface area contributed by atoms with Gasteiger partial charge in [-0.15, -0.1) is 0 Å². The van der Waals surface area contributed by atoms with Crippen LogP contribution in [-0.2, 0) is 21.3 Å². The zero-order chi connectivity index (χ0) is 24.3. The van der Waals surface area contributed by atoms with Crippen molar-refractivity contribution in [3.8, 4) is 0 Å². The third kappa shape index (κ3) is 5.88. The maximum atomic E-state index is 13.0. The zero-order valence-electron chi connectivity index (χ0n) is 20.7. The lowest BCUT2D eigenvalue weighted by molar-refractivity contribution is -0.0147. The molecule has 0 radical (unpaired) electrons. The molecule has 1 aromatic carbocycles. The number of nitrogens with one attached hydrogen (secondary N) is 1. The number of nitrogens with zero attached hydrogens (tertiary/aromatic N) is 3. The van der Waals surface area contributed by atoms with E-state index in [0.29, 0.717) is 6.04 Å². The van der Waals surface area contributed by atoms with E-state index in [4.69, 9.17) is 4.74 Å². The van der Waals surface area contributed by atoms with Gasteiger partial charge in [0.05, 0.1) is 5.60 Å². The fourth-order valence-electron chi connectivity index (χ4n) is 5.93. The standard InChI is InChI=1S/C27H38N4O3S/c1-30(21-22-6-3-2-4-7-22)24-10-8-23(9-11-24)29-35(32,33)25-12-13-26(28-20-25)31-17-15-27(16-18-31)14-5-19-34-27/h2-4,6-7,12-13,20,23-24,29H,5,8-11,14-19,21H2,1H3. The van der Waals surface area contributed by atoms with Gasteiger partial charge in [-0.25, -0.2) is 18.1 Å². The maximum Gasteiger partial charge on any atom is 0.242 e. The van der Waals surface area contributed by atoms with Gasteiger partial charge in [-0.2, -0.15) is 0 Å². The Bertz CT molecular complexity index is 1050. The molecule has 1 spiro atoms. The molecule has 7 nitrogen and oxygen atoms in total. The molecule has 1 aromatic heterocycles. The Morgan fingerprint density at radius 1 is 1.06 bits per heavy atom. The molecule has 3 aliphatic rings. The Kier molecular flexibility index (Phi) is 7.44. The van der Waals surface area contributed by atoms with Crippen LogP contribution in [0.3, 0.4) is 0 Å². The van der Waals surface area contributed by atoms with Crippen molar-refractivity contribution in [3.05, 3.63) is 54.2 Å². The van der Waals surface area contributed by atoms with Crippen molar-refractivity contribution in [2.24, 2.45) is 0 Å². The van der Waals surface area contributed by atoms with E-state index in [2.05, 4.69) is 50.8 Å². The first-order valence-corrected chi connectivity index (χ1v) is 14.5. The van der Waals surface area contributed by atoms with Crippen LogP contribution in [0, 0.1) is 0 Å². The third-order valence-corrected chi connectivity index (χ3v) is 9.64. The average Bonchev–Trinajstić information content (AvgIpc) is 3.33. The maximum absolute atomic E-state index is 13.0. The van der Waals surface area contributed by atoms with E-state index in [1.165, 1.54) is 11.8 Å². The van der Waals surface area contributed by atoms with Crippen LogP contribution in [0.15, 0.2) is 53.6 Å². The van der Waals surface area contributed by atoms with Gasteiger partial charge in [-0.3, -0.25) is 4.90 Å². The molecule has 1 N–H and O–H groups in total. The highest BCUT2D eigenvalue weighted by Crippen LogP contribution is 2.36. The van der Waals surface area contributed by atoms with E-state index < -0.39 is 10.0 Å². The minimum absolute atomic E-state index is 0.0225. The number of sulfonamides is 1. The second kappa shape index (κ2) is 10.5. The fourth-order valence-corrected chi connectivity index (χ4v) is 7.18. The normalized spacial score (nSPS) is 24.8. The van der Waals surface area contributed by atoms with Gasteiger partial charge in [0, 0.05) is 44.5 Å². The first-order valence-electron chi connectivity index (χ1n) is 13.0. The monoisotopic (exact) mass is 498 g/mol. The van der Waals surface area contributed by atoms with Crippen LogP contribution in [0.1, 0.15) is 56.9 Å². The number of anilines is 1. The van der Waals surface area contributed by atoms with Crippen molar-refractivity contribution in [2.75, 3.05) is 31.6 Å².